The summed E-state index contributed by atoms with van der Waals surface area (Å²) in [6, 6.07) is 14.6. The predicted octanol–water partition coefficient (Wildman–Crippen LogP) is 3.01. The summed E-state index contributed by atoms with van der Waals surface area (Å²) < 4.78 is 5.41. The van der Waals surface area contributed by atoms with E-state index in [2.05, 4.69) is 5.32 Å². The van der Waals surface area contributed by atoms with E-state index in [1.54, 1.807) is 55.0 Å². The summed E-state index contributed by atoms with van der Waals surface area (Å²) >= 11 is 1.74. The monoisotopic (exact) mass is 427 g/mol. The molecule has 0 aliphatic carbocycles. The van der Waals surface area contributed by atoms with Crippen molar-refractivity contribution in [2.24, 2.45) is 0 Å². The van der Waals surface area contributed by atoms with Gasteiger partial charge in [0.25, 0.3) is 5.91 Å². The fourth-order valence-electron chi connectivity index (χ4n) is 2.92. The standard InChI is InChI=1S/C22H25N3O4S/c1-24(2)22(28)15-29-17-9-7-16(8-10-17)23-20(26)11-12-21(27)25-13-14-30-19-6-4-3-5-18(19)25/h3-10H,11-15H2,1-2H3,(H,23,26). The molecule has 0 fully saturated rings. The molecule has 0 aromatic heterocycles. The minimum atomic E-state index is -0.223. The Morgan fingerprint density at radius 1 is 1.07 bits per heavy atom. The van der Waals surface area contributed by atoms with Crippen molar-refractivity contribution in [3.8, 4) is 5.75 Å². The summed E-state index contributed by atoms with van der Waals surface area (Å²) in [5.41, 5.74) is 1.53. The van der Waals surface area contributed by atoms with Crippen LogP contribution in [-0.4, -0.2) is 55.6 Å². The number of likely N-dealkylation sites (N-methyl/N-ethyl adjacent to an activating group) is 1. The molecule has 8 heteroatoms. The molecule has 2 aromatic rings. The highest BCUT2D eigenvalue weighted by molar-refractivity contribution is 7.99. The van der Waals surface area contributed by atoms with E-state index in [-0.39, 0.29) is 37.2 Å². The Kier molecular flexibility index (Phi) is 7.35. The highest BCUT2D eigenvalue weighted by Crippen LogP contribution is 2.34. The van der Waals surface area contributed by atoms with Crippen LogP contribution in [0.25, 0.3) is 0 Å². The van der Waals surface area contributed by atoms with Crippen molar-refractivity contribution in [1.29, 1.82) is 0 Å². The smallest absolute Gasteiger partial charge is 0.259 e. The minimum absolute atomic E-state index is 0.0427. The fourth-order valence-corrected chi connectivity index (χ4v) is 3.91. The number of carbonyl (C=O) groups is 3. The molecule has 7 nitrogen and oxygen atoms in total. The normalized spacial score (nSPS) is 12.7. The molecule has 3 rings (SSSR count). The van der Waals surface area contributed by atoms with Crippen LogP contribution in [0.5, 0.6) is 5.75 Å². The van der Waals surface area contributed by atoms with Crippen LogP contribution < -0.4 is 15.0 Å². The predicted molar refractivity (Wildman–Crippen MR) is 118 cm³/mol. The minimum Gasteiger partial charge on any atom is -0.484 e. The Balaban J connectivity index is 1.47. The SMILES string of the molecule is CN(C)C(=O)COc1ccc(NC(=O)CCC(=O)N2CCSc3ccccc32)cc1. The van der Waals surface area contributed by atoms with Crippen molar-refractivity contribution in [3.05, 3.63) is 48.5 Å². The van der Waals surface area contributed by atoms with Gasteiger partial charge in [-0.15, -0.1) is 11.8 Å². The van der Waals surface area contributed by atoms with Crippen molar-refractivity contribution >= 4 is 40.9 Å². The second-order valence-electron chi connectivity index (χ2n) is 7.01. The number of fused-ring (bicyclic) bond motifs is 1. The van der Waals surface area contributed by atoms with Crippen LogP contribution in [0.3, 0.4) is 0 Å². The molecule has 0 bridgehead atoms. The molecule has 0 spiro atoms. The van der Waals surface area contributed by atoms with Gasteiger partial charge in [0, 0.05) is 49.8 Å². The van der Waals surface area contributed by atoms with Crippen molar-refractivity contribution in [3.63, 3.8) is 0 Å². The van der Waals surface area contributed by atoms with Crippen LogP contribution >= 0.6 is 11.8 Å². The second-order valence-corrected chi connectivity index (χ2v) is 8.15. The number of amides is 3. The Morgan fingerprint density at radius 3 is 2.53 bits per heavy atom. The van der Waals surface area contributed by atoms with Crippen LogP contribution in [0.4, 0.5) is 11.4 Å². The maximum Gasteiger partial charge on any atom is 0.259 e. The molecule has 0 saturated heterocycles. The number of carbonyl (C=O) groups excluding carboxylic acids is 3. The van der Waals surface area contributed by atoms with Crippen molar-refractivity contribution in [2.75, 3.05) is 43.2 Å². The first kappa shape index (κ1) is 21.7. The fraction of sp³-hybridized carbons (Fsp3) is 0.318. The van der Waals surface area contributed by atoms with Gasteiger partial charge in [-0.1, -0.05) is 12.1 Å². The molecule has 2 aromatic carbocycles. The number of nitrogens with one attached hydrogen (secondary N) is 1. The van der Waals surface area contributed by atoms with Gasteiger partial charge in [0.15, 0.2) is 6.61 Å². The molecule has 0 saturated carbocycles. The van der Waals surface area contributed by atoms with Crippen LogP contribution in [-0.2, 0) is 14.4 Å². The molecule has 0 atom stereocenters. The first-order valence-corrected chi connectivity index (χ1v) is 10.7. The topological polar surface area (TPSA) is 79.0 Å². The van der Waals surface area contributed by atoms with Crippen molar-refractivity contribution < 1.29 is 19.1 Å². The molecule has 3 amide bonds. The van der Waals surface area contributed by atoms with E-state index in [0.29, 0.717) is 18.0 Å². The number of thioether (sulfide) groups is 1. The van der Waals surface area contributed by atoms with E-state index in [1.807, 2.05) is 24.3 Å². The zero-order chi connectivity index (χ0) is 21.5. The summed E-state index contributed by atoms with van der Waals surface area (Å²) in [5, 5.41) is 2.79. The molecule has 1 N–H and O–H groups in total. The van der Waals surface area contributed by atoms with E-state index < -0.39 is 0 Å². The van der Waals surface area contributed by atoms with E-state index in [4.69, 9.17) is 4.74 Å². The maximum atomic E-state index is 12.6. The zero-order valence-corrected chi connectivity index (χ0v) is 17.9. The molecule has 158 valence electrons. The number of para-hydroxylation sites is 1. The molecule has 1 heterocycles. The summed E-state index contributed by atoms with van der Waals surface area (Å²) in [5.74, 6) is 0.988. The Bertz CT molecular complexity index is 915. The van der Waals surface area contributed by atoms with Gasteiger partial charge in [-0.25, -0.2) is 0 Å². The Labute approximate surface area is 180 Å². The summed E-state index contributed by atoms with van der Waals surface area (Å²) in [6.45, 7) is 0.610. The average molecular weight is 428 g/mol. The van der Waals surface area contributed by atoms with Gasteiger partial charge in [0.05, 0.1) is 5.69 Å². The highest BCUT2D eigenvalue weighted by Gasteiger charge is 2.22. The van der Waals surface area contributed by atoms with Gasteiger partial charge in [-0.2, -0.15) is 0 Å². The number of ether oxygens (including phenoxy) is 1. The van der Waals surface area contributed by atoms with Gasteiger partial charge in [-0.05, 0) is 36.4 Å². The van der Waals surface area contributed by atoms with Crippen LogP contribution in [0.2, 0.25) is 0 Å². The summed E-state index contributed by atoms with van der Waals surface area (Å²) in [6.07, 6.45) is 0.263. The Hall–Kier alpha value is -3.00. The zero-order valence-electron chi connectivity index (χ0n) is 17.1. The van der Waals surface area contributed by atoms with Gasteiger partial charge >= 0.3 is 0 Å². The van der Waals surface area contributed by atoms with Crippen LogP contribution in [0, 0.1) is 0 Å². The quantitative estimate of drug-likeness (QED) is 0.735. The van der Waals surface area contributed by atoms with Gasteiger partial charge < -0.3 is 19.9 Å². The maximum absolute atomic E-state index is 12.6. The van der Waals surface area contributed by atoms with E-state index in [0.717, 1.165) is 16.3 Å². The summed E-state index contributed by atoms with van der Waals surface area (Å²) in [7, 11) is 3.33. The van der Waals surface area contributed by atoms with Gasteiger partial charge in [0.2, 0.25) is 11.8 Å². The molecule has 30 heavy (non-hydrogen) atoms. The lowest BCUT2D eigenvalue weighted by Gasteiger charge is -2.29. The number of rotatable bonds is 7. The van der Waals surface area contributed by atoms with E-state index in [1.165, 1.54) is 4.90 Å². The molecular formula is C22H25N3O4S. The third-order valence-electron chi connectivity index (χ3n) is 4.59. The first-order chi connectivity index (χ1) is 14.4. The van der Waals surface area contributed by atoms with Gasteiger partial charge in [-0.3, -0.25) is 14.4 Å². The van der Waals surface area contributed by atoms with Gasteiger partial charge in [0.1, 0.15) is 5.75 Å². The number of benzene rings is 2. The third-order valence-corrected chi connectivity index (χ3v) is 5.64. The number of nitrogens with zero attached hydrogens (tertiary/aromatic N) is 2. The molecule has 0 unspecified atom stereocenters. The summed E-state index contributed by atoms with van der Waals surface area (Å²) in [4.78, 5) is 40.7. The largest absolute Gasteiger partial charge is 0.484 e. The third kappa shape index (κ3) is 5.76. The molecule has 1 aliphatic heterocycles. The van der Waals surface area contributed by atoms with Crippen LogP contribution in [0.1, 0.15) is 12.8 Å². The lowest BCUT2D eigenvalue weighted by atomic mass is 10.2. The highest BCUT2D eigenvalue weighted by atomic mass is 32.2. The molecule has 1 aliphatic rings. The van der Waals surface area contributed by atoms with Crippen LogP contribution in [0.15, 0.2) is 53.4 Å². The number of anilines is 2. The van der Waals surface area contributed by atoms with Crippen molar-refractivity contribution in [2.45, 2.75) is 17.7 Å². The first-order valence-electron chi connectivity index (χ1n) is 9.69. The molecular weight excluding hydrogens is 402 g/mol. The van der Waals surface area contributed by atoms with Crippen molar-refractivity contribution in [1.82, 2.24) is 4.90 Å². The Morgan fingerprint density at radius 2 is 1.80 bits per heavy atom. The number of hydrogen-bond donors (Lipinski definition) is 1. The van der Waals surface area contributed by atoms with E-state index >= 15 is 0 Å². The second kappa shape index (κ2) is 10.2. The van der Waals surface area contributed by atoms with E-state index in [9.17, 15) is 14.4 Å². The number of hydrogen-bond acceptors (Lipinski definition) is 5. The molecule has 0 radical (unpaired) electrons. The lowest BCUT2D eigenvalue weighted by Crippen LogP contribution is -2.35. The average Bonchev–Trinajstić information content (AvgIpc) is 2.76. The lowest BCUT2D eigenvalue weighted by molar-refractivity contribution is -0.130.